The van der Waals surface area contributed by atoms with Crippen molar-refractivity contribution in [2.75, 3.05) is 0 Å². The fourth-order valence-corrected chi connectivity index (χ4v) is 2.57. The number of aromatic nitrogens is 2. The summed E-state index contributed by atoms with van der Waals surface area (Å²) >= 11 is 5.85. The molecule has 0 unspecified atom stereocenters. The molecule has 1 fully saturated rings. The molecule has 1 aromatic carbocycles. The number of aliphatic imine (C=N–C) groups is 1. The first kappa shape index (κ1) is 12.2. The van der Waals surface area contributed by atoms with Crippen LogP contribution in [0.4, 0.5) is 0 Å². The van der Waals surface area contributed by atoms with Crippen molar-refractivity contribution in [1.29, 1.82) is 0 Å². The van der Waals surface area contributed by atoms with Gasteiger partial charge in [-0.25, -0.2) is 9.48 Å². The molecule has 4 nitrogen and oxygen atoms in total. The standard InChI is InChI=1S/C14H12ClN3O/c15-12-8-17-18(9-12)13-4-2-11(3-5-13)14(16-10-19)6-1-7-14/h2-5,8-9H,1,6-7H2. The van der Waals surface area contributed by atoms with E-state index in [2.05, 4.69) is 10.1 Å². The Labute approximate surface area is 115 Å². The largest absolute Gasteiger partial charge is 0.239 e. The van der Waals surface area contributed by atoms with Crippen LogP contribution in [0.5, 0.6) is 0 Å². The van der Waals surface area contributed by atoms with Gasteiger partial charge in [0.15, 0.2) is 0 Å². The Bertz CT molecular complexity index is 637. The first-order chi connectivity index (χ1) is 9.23. The van der Waals surface area contributed by atoms with E-state index in [1.807, 2.05) is 24.3 Å². The summed E-state index contributed by atoms with van der Waals surface area (Å²) in [5, 5.41) is 4.75. The average Bonchev–Trinajstić information content (AvgIpc) is 2.81. The van der Waals surface area contributed by atoms with Crippen molar-refractivity contribution in [3.63, 3.8) is 0 Å². The van der Waals surface area contributed by atoms with Gasteiger partial charge in [0, 0.05) is 6.20 Å². The van der Waals surface area contributed by atoms with Gasteiger partial charge in [-0.15, -0.1) is 0 Å². The lowest BCUT2D eigenvalue weighted by Gasteiger charge is -2.37. The predicted octanol–water partition coefficient (Wildman–Crippen LogP) is 3.24. The molecule has 0 aliphatic heterocycles. The topological polar surface area (TPSA) is 47.2 Å². The van der Waals surface area contributed by atoms with Gasteiger partial charge in [-0.05, 0) is 37.0 Å². The maximum atomic E-state index is 10.6. The third kappa shape index (κ3) is 2.09. The Morgan fingerprint density at radius 3 is 2.53 bits per heavy atom. The molecule has 0 atom stereocenters. The molecule has 19 heavy (non-hydrogen) atoms. The fraction of sp³-hybridized carbons (Fsp3) is 0.286. The molecule has 0 amide bonds. The molecule has 96 valence electrons. The van der Waals surface area contributed by atoms with E-state index in [-0.39, 0.29) is 5.54 Å². The number of nitrogens with zero attached hydrogens (tertiary/aromatic N) is 3. The molecule has 0 bridgehead atoms. The molecule has 0 spiro atoms. The van der Waals surface area contributed by atoms with E-state index in [0.29, 0.717) is 5.02 Å². The van der Waals surface area contributed by atoms with E-state index >= 15 is 0 Å². The zero-order chi connectivity index (χ0) is 13.3. The second-order valence-electron chi connectivity index (χ2n) is 4.74. The molecular weight excluding hydrogens is 262 g/mol. The average molecular weight is 274 g/mol. The number of halogens is 1. The van der Waals surface area contributed by atoms with Gasteiger partial charge < -0.3 is 0 Å². The molecule has 3 rings (SSSR count). The van der Waals surface area contributed by atoms with Crippen LogP contribution in [-0.2, 0) is 10.3 Å². The van der Waals surface area contributed by atoms with Gasteiger partial charge in [0.2, 0.25) is 6.08 Å². The van der Waals surface area contributed by atoms with Crippen molar-refractivity contribution < 1.29 is 4.79 Å². The monoisotopic (exact) mass is 273 g/mol. The van der Waals surface area contributed by atoms with E-state index in [4.69, 9.17) is 11.6 Å². The van der Waals surface area contributed by atoms with Gasteiger partial charge in [-0.2, -0.15) is 10.1 Å². The van der Waals surface area contributed by atoms with E-state index in [9.17, 15) is 4.79 Å². The van der Waals surface area contributed by atoms with Crippen LogP contribution >= 0.6 is 11.6 Å². The van der Waals surface area contributed by atoms with Crippen molar-refractivity contribution in [1.82, 2.24) is 9.78 Å². The third-order valence-corrected chi connectivity index (χ3v) is 3.86. The second-order valence-corrected chi connectivity index (χ2v) is 5.17. The lowest BCUT2D eigenvalue weighted by molar-refractivity contribution is 0.256. The van der Waals surface area contributed by atoms with Gasteiger partial charge in [0.25, 0.3) is 0 Å². The number of rotatable bonds is 3. The van der Waals surface area contributed by atoms with Gasteiger partial charge in [0.05, 0.1) is 22.4 Å². The lowest BCUT2D eigenvalue weighted by atomic mass is 9.72. The van der Waals surface area contributed by atoms with Crippen LogP contribution in [0.25, 0.3) is 5.69 Å². The highest BCUT2D eigenvalue weighted by atomic mass is 35.5. The summed E-state index contributed by atoms with van der Waals surface area (Å²) in [4.78, 5) is 14.5. The van der Waals surface area contributed by atoms with E-state index < -0.39 is 0 Å². The van der Waals surface area contributed by atoms with Crippen LogP contribution in [-0.4, -0.2) is 15.9 Å². The van der Waals surface area contributed by atoms with Crippen molar-refractivity contribution in [3.05, 3.63) is 47.2 Å². The van der Waals surface area contributed by atoms with Crippen molar-refractivity contribution >= 4 is 17.7 Å². The lowest BCUT2D eigenvalue weighted by Crippen LogP contribution is -2.31. The van der Waals surface area contributed by atoms with Crippen molar-refractivity contribution in [3.8, 4) is 5.69 Å². The summed E-state index contributed by atoms with van der Waals surface area (Å²) in [6.45, 7) is 0. The summed E-state index contributed by atoms with van der Waals surface area (Å²) < 4.78 is 1.71. The Morgan fingerprint density at radius 2 is 2.05 bits per heavy atom. The van der Waals surface area contributed by atoms with Crippen LogP contribution < -0.4 is 0 Å². The summed E-state index contributed by atoms with van der Waals surface area (Å²) in [5.74, 6) is 0. The second kappa shape index (κ2) is 4.65. The quantitative estimate of drug-likeness (QED) is 0.637. The zero-order valence-corrected chi connectivity index (χ0v) is 11.0. The van der Waals surface area contributed by atoms with Gasteiger partial charge >= 0.3 is 0 Å². The van der Waals surface area contributed by atoms with E-state index in [0.717, 1.165) is 30.5 Å². The highest BCUT2D eigenvalue weighted by Crippen LogP contribution is 2.44. The molecule has 0 saturated heterocycles. The third-order valence-electron chi connectivity index (χ3n) is 3.66. The summed E-state index contributed by atoms with van der Waals surface area (Å²) in [7, 11) is 0. The molecule has 2 aromatic rings. The number of hydrogen-bond donors (Lipinski definition) is 0. The highest BCUT2D eigenvalue weighted by Gasteiger charge is 2.38. The van der Waals surface area contributed by atoms with Gasteiger partial charge in [0.1, 0.15) is 0 Å². The first-order valence-corrected chi connectivity index (χ1v) is 6.51. The first-order valence-electron chi connectivity index (χ1n) is 6.14. The Hall–Kier alpha value is -1.90. The number of carbonyl (C=O) groups excluding carboxylic acids is 1. The summed E-state index contributed by atoms with van der Waals surface area (Å²) in [5.41, 5.74) is 1.64. The predicted molar refractivity (Wildman–Crippen MR) is 72.2 cm³/mol. The fourth-order valence-electron chi connectivity index (χ4n) is 2.43. The Kier molecular flexibility index (Phi) is 2.97. The molecule has 0 N–H and O–H groups in total. The van der Waals surface area contributed by atoms with Crippen LogP contribution in [0.3, 0.4) is 0 Å². The number of isocyanates is 1. The normalized spacial score (nSPS) is 16.5. The smallest absolute Gasteiger partial charge is 0.235 e. The van der Waals surface area contributed by atoms with Gasteiger partial charge in [-0.3, -0.25) is 0 Å². The molecule has 1 aliphatic carbocycles. The minimum Gasteiger partial charge on any atom is -0.239 e. The molecule has 5 heteroatoms. The zero-order valence-electron chi connectivity index (χ0n) is 10.2. The molecular formula is C14H12ClN3O. The van der Waals surface area contributed by atoms with Crippen LogP contribution in [0.1, 0.15) is 24.8 Å². The van der Waals surface area contributed by atoms with Crippen molar-refractivity contribution in [2.45, 2.75) is 24.8 Å². The SMILES string of the molecule is O=C=NC1(c2ccc(-n3cc(Cl)cn3)cc2)CCC1. The summed E-state index contributed by atoms with van der Waals surface area (Å²) in [6.07, 6.45) is 7.97. The number of hydrogen-bond acceptors (Lipinski definition) is 3. The Balaban J connectivity index is 1.92. The van der Waals surface area contributed by atoms with Crippen LogP contribution in [0, 0.1) is 0 Å². The Morgan fingerprint density at radius 1 is 1.32 bits per heavy atom. The molecule has 1 heterocycles. The van der Waals surface area contributed by atoms with E-state index in [1.165, 1.54) is 0 Å². The minimum atomic E-state index is -0.345. The maximum absolute atomic E-state index is 10.6. The number of benzene rings is 1. The molecule has 0 radical (unpaired) electrons. The van der Waals surface area contributed by atoms with Gasteiger partial charge in [-0.1, -0.05) is 23.7 Å². The van der Waals surface area contributed by atoms with E-state index in [1.54, 1.807) is 23.2 Å². The van der Waals surface area contributed by atoms with Crippen LogP contribution in [0.2, 0.25) is 5.02 Å². The minimum absolute atomic E-state index is 0.345. The molecule has 1 aliphatic rings. The molecule has 1 saturated carbocycles. The molecule has 1 aromatic heterocycles. The highest BCUT2D eigenvalue weighted by molar-refractivity contribution is 6.30. The van der Waals surface area contributed by atoms with Crippen molar-refractivity contribution in [2.24, 2.45) is 4.99 Å². The summed E-state index contributed by atoms with van der Waals surface area (Å²) in [6, 6.07) is 7.90. The maximum Gasteiger partial charge on any atom is 0.235 e. The van der Waals surface area contributed by atoms with Crippen LogP contribution in [0.15, 0.2) is 41.7 Å².